The standard InChI is InChI=1S/C10H8N4O3/c11-10(15)13-6-5-12-9(13)7-1-3-8(4-2-7)14(16)17/h1-6H,(H2,11,15). The van der Waals surface area contributed by atoms with Crippen LogP contribution in [0.15, 0.2) is 36.7 Å². The molecule has 2 aromatic rings. The van der Waals surface area contributed by atoms with E-state index in [0.29, 0.717) is 11.4 Å². The summed E-state index contributed by atoms with van der Waals surface area (Å²) in [5.41, 5.74) is 5.71. The highest BCUT2D eigenvalue weighted by atomic mass is 16.6. The van der Waals surface area contributed by atoms with Gasteiger partial charge in [-0.25, -0.2) is 9.78 Å². The van der Waals surface area contributed by atoms with E-state index in [2.05, 4.69) is 4.98 Å². The number of nitrogens with two attached hydrogens (primary N) is 1. The van der Waals surface area contributed by atoms with Gasteiger partial charge in [-0.15, -0.1) is 0 Å². The van der Waals surface area contributed by atoms with Crippen LogP contribution in [0.4, 0.5) is 10.5 Å². The quantitative estimate of drug-likeness (QED) is 0.623. The van der Waals surface area contributed by atoms with Crippen LogP contribution < -0.4 is 5.73 Å². The van der Waals surface area contributed by atoms with Gasteiger partial charge < -0.3 is 5.73 Å². The van der Waals surface area contributed by atoms with Crippen molar-refractivity contribution in [2.45, 2.75) is 0 Å². The number of amides is 1. The minimum Gasteiger partial charge on any atom is -0.351 e. The zero-order chi connectivity index (χ0) is 12.4. The van der Waals surface area contributed by atoms with Crippen LogP contribution in [0.2, 0.25) is 0 Å². The first-order valence-electron chi connectivity index (χ1n) is 4.67. The second kappa shape index (κ2) is 4.05. The number of rotatable bonds is 2. The summed E-state index contributed by atoms with van der Waals surface area (Å²) >= 11 is 0. The van der Waals surface area contributed by atoms with E-state index < -0.39 is 11.0 Å². The molecule has 2 N–H and O–H groups in total. The average molecular weight is 232 g/mol. The summed E-state index contributed by atoms with van der Waals surface area (Å²) in [4.78, 5) is 25.0. The molecule has 0 atom stereocenters. The summed E-state index contributed by atoms with van der Waals surface area (Å²) in [6, 6.07) is 5.06. The van der Waals surface area contributed by atoms with E-state index in [0.717, 1.165) is 0 Å². The first-order valence-corrected chi connectivity index (χ1v) is 4.67. The maximum absolute atomic E-state index is 11.1. The van der Waals surface area contributed by atoms with Gasteiger partial charge >= 0.3 is 6.03 Å². The number of benzene rings is 1. The molecule has 1 amide bonds. The molecule has 1 heterocycles. The molecule has 0 radical (unpaired) electrons. The summed E-state index contributed by atoms with van der Waals surface area (Å²) in [7, 11) is 0. The number of non-ortho nitro benzene ring substituents is 1. The first-order chi connectivity index (χ1) is 8.09. The number of imidazole rings is 1. The van der Waals surface area contributed by atoms with Gasteiger partial charge in [0.05, 0.1) is 4.92 Å². The highest BCUT2D eigenvalue weighted by molar-refractivity contribution is 5.79. The van der Waals surface area contributed by atoms with Crippen LogP contribution >= 0.6 is 0 Å². The van der Waals surface area contributed by atoms with Crippen molar-refractivity contribution < 1.29 is 9.72 Å². The van der Waals surface area contributed by atoms with E-state index in [9.17, 15) is 14.9 Å². The maximum atomic E-state index is 11.1. The van der Waals surface area contributed by atoms with Crippen molar-refractivity contribution in [2.75, 3.05) is 0 Å². The summed E-state index contributed by atoms with van der Waals surface area (Å²) in [6.07, 6.45) is 2.86. The summed E-state index contributed by atoms with van der Waals surface area (Å²) in [6.45, 7) is 0. The molecule has 0 aliphatic heterocycles. The third-order valence-corrected chi connectivity index (χ3v) is 2.21. The number of carbonyl (C=O) groups excluding carboxylic acids is 1. The molecule has 0 bridgehead atoms. The van der Waals surface area contributed by atoms with Crippen molar-refractivity contribution in [1.82, 2.24) is 9.55 Å². The van der Waals surface area contributed by atoms with Crippen molar-refractivity contribution in [3.63, 3.8) is 0 Å². The fourth-order valence-electron chi connectivity index (χ4n) is 1.43. The van der Waals surface area contributed by atoms with Crippen LogP contribution in [0, 0.1) is 10.1 Å². The largest absolute Gasteiger partial charge is 0.351 e. The van der Waals surface area contributed by atoms with Crippen molar-refractivity contribution in [1.29, 1.82) is 0 Å². The number of nitro groups is 1. The normalized spacial score (nSPS) is 10.1. The predicted molar refractivity (Wildman–Crippen MR) is 59.3 cm³/mol. The zero-order valence-electron chi connectivity index (χ0n) is 8.61. The van der Waals surface area contributed by atoms with Crippen LogP contribution in [0.5, 0.6) is 0 Å². The number of nitro benzene ring substituents is 1. The summed E-state index contributed by atoms with van der Waals surface area (Å²) in [5, 5.41) is 10.5. The molecule has 0 saturated heterocycles. The lowest BCUT2D eigenvalue weighted by Crippen LogP contribution is -2.19. The fourth-order valence-corrected chi connectivity index (χ4v) is 1.43. The lowest BCUT2D eigenvalue weighted by Gasteiger charge is -2.02. The lowest BCUT2D eigenvalue weighted by atomic mass is 10.2. The second-order valence-corrected chi connectivity index (χ2v) is 3.26. The highest BCUT2D eigenvalue weighted by Gasteiger charge is 2.11. The molecule has 2 rings (SSSR count). The van der Waals surface area contributed by atoms with Crippen molar-refractivity contribution in [3.8, 4) is 11.4 Å². The number of hydrogen-bond donors (Lipinski definition) is 1. The van der Waals surface area contributed by atoms with E-state index in [-0.39, 0.29) is 5.69 Å². The Morgan fingerprint density at radius 2 is 2.00 bits per heavy atom. The number of hydrogen-bond acceptors (Lipinski definition) is 4. The molecule has 1 aromatic carbocycles. The van der Waals surface area contributed by atoms with Crippen LogP contribution in [-0.2, 0) is 0 Å². The molecular weight excluding hydrogens is 224 g/mol. The number of nitrogens with zero attached hydrogens (tertiary/aromatic N) is 3. The molecule has 0 fully saturated rings. The molecule has 0 aliphatic rings. The van der Waals surface area contributed by atoms with E-state index >= 15 is 0 Å². The third-order valence-electron chi connectivity index (χ3n) is 2.21. The number of aromatic nitrogens is 2. The Labute approximate surface area is 95.6 Å². The predicted octanol–water partition coefficient (Wildman–Crippen LogP) is 1.39. The number of primary amides is 1. The molecule has 0 aliphatic carbocycles. The van der Waals surface area contributed by atoms with Gasteiger partial charge in [0.25, 0.3) is 5.69 Å². The Hall–Kier alpha value is -2.70. The molecule has 1 aromatic heterocycles. The van der Waals surface area contributed by atoms with Gasteiger partial charge in [-0.1, -0.05) is 0 Å². The Kier molecular flexibility index (Phi) is 2.57. The molecule has 7 heteroatoms. The Bertz CT molecular complexity index is 573. The molecule has 86 valence electrons. The highest BCUT2D eigenvalue weighted by Crippen LogP contribution is 2.20. The van der Waals surface area contributed by atoms with Crippen molar-refractivity contribution >= 4 is 11.7 Å². The molecule has 0 saturated carbocycles. The van der Waals surface area contributed by atoms with Gasteiger partial charge in [-0.3, -0.25) is 14.7 Å². The Balaban J connectivity index is 2.43. The molecule has 0 spiro atoms. The first kappa shape index (κ1) is 10.8. The van der Waals surface area contributed by atoms with Gasteiger partial charge in [0.2, 0.25) is 0 Å². The van der Waals surface area contributed by atoms with Crippen LogP contribution in [-0.4, -0.2) is 20.5 Å². The molecule has 17 heavy (non-hydrogen) atoms. The van der Waals surface area contributed by atoms with E-state index in [1.807, 2.05) is 0 Å². The maximum Gasteiger partial charge on any atom is 0.324 e. The molecule has 0 unspecified atom stereocenters. The van der Waals surface area contributed by atoms with Crippen LogP contribution in [0.1, 0.15) is 0 Å². The van der Waals surface area contributed by atoms with Crippen molar-refractivity contribution in [3.05, 3.63) is 46.8 Å². The Morgan fingerprint density at radius 3 is 2.53 bits per heavy atom. The third kappa shape index (κ3) is 1.98. The van der Waals surface area contributed by atoms with E-state index in [1.54, 1.807) is 0 Å². The summed E-state index contributed by atoms with van der Waals surface area (Å²) < 4.78 is 1.17. The molecule has 7 nitrogen and oxygen atoms in total. The van der Waals surface area contributed by atoms with Gasteiger partial charge in [-0.05, 0) is 12.1 Å². The lowest BCUT2D eigenvalue weighted by molar-refractivity contribution is -0.384. The monoisotopic (exact) mass is 232 g/mol. The van der Waals surface area contributed by atoms with E-state index in [1.165, 1.54) is 41.2 Å². The van der Waals surface area contributed by atoms with Crippen LogP contribution in [0.3, 0.4) is 0 Å². The van der Waals surface area contributed by atoms with Gasteiger partial charge in [0, 0.05) is 30.1 Å². The van der Waals surface area contributed by atoms with Gasteiger partial charge in [-0.2, -0.15) is 0 Å². The van der Waals surface area contributed by atoms with E-state index in [4.69, 9.17) is 5.73 Å². The SMILES string of the molecule is NC(=O)n1ccnc1-c1ccc([N+](=O)[O-])cc1. The van der Waals surface area contributed by atoms with Crippen LogP contribution in [0.25, 0.3) is 11.4 Å². The number of carbonyl (C=O) groups is 1. The topological polar surface area (TPSA) is 104 Å². The average Bonchev–Trinajstić information content (AvgIpc) is 2.78. The minimum atomic E-state index is -0.657. The fraction of sp³-hybridized carbons (Fsp3) is 0. The molecular formula is C10H8N4O3. The van der Waals surface area contributed by atoms with Crippen molar-refractivity contribution in [2.24, 2.45) is 5.73 Å². The smallest absolute Gasteiger partial charge is 0.324 e. The van der Waals surface area contributed by atoms with Gasteiger partial charge in [0.1, 0.15) is 5.82 Å². The van der Waals surface area contributed by atoms with Gasteiger partial charge in [0.15, 0.2) is 0 Å². The zero-order valence-corrected chi connectivity index (χ0v) is 8.61. The minimum absolute atomic E-state index is 0.0223. The summed E-state index contributed by atoms with van der Waals surface area (Å²) in [5.74, 6) is 0.354. The Morgan fingerprint density at radius 1 is 1.35 bits per heavy atom. The second-order valence-electron chi connectivity index (χ2n) is 3.26.